The van der Waals surface area contributed by atoms with Crippen LogP contribution < -0.4 is 0 Å². The predicted octanol–water partition coefficient (Wildman–Crippen LogP) is 2.82. The van der Waals surface area contributed by atoms with E-state index in [9.17, 15) is 4.39 Å². The SMILES string of the molecule is CCN(CC#N)Cc1ccc(Cl)c(F)c1. The van der Waals surface area contributed by atoms with Crippen molar-refractivity contribution in [2.24, 2.45) is 0 Å². The summed E-state index contributed by atoms with van der Waals surface area (Å²) in [5.74, 6) is -0.415. The molecule has 0 aliphatic carbocycles. The van der Waals surface area contributed by atoms with Crippen molar-refractivity contribution in [1.29, 1.82) is 5.26 Å². The molecule has 0 bridgehead atoms. The van der Waals surface area contributed by atoms with Crippen LogP contribution in [0, 0.1) is 17.1 Å². The molecule has 2 nitrogen and oxygen atoms in total. The molecule has 0 spiro atoms. The first-order valence-electron chi connectivity index (χ1n) is 4.70. The first kappa shape index (κ1) is 12.0. The van der Waals surface area contributed by atoms with Gasteiger partial charge in [0.15, 0.2) is 0 Å². The average Bonchev–Trinajstić information content (AvgIpc) is 2.23. The fourth-order valence-corrected chi connectivity index (χ4v) is 1.39. The van der Waals surface area contributed by atoms with Crippen molar-refractivity contribution in [3.05, 3.63) is 34.6 Å². The van der Waals surface area contributed by atoms with Gasteiger partial charge in [-0.2, -0.15) is 5.26 Å². The van der Waals surface area contributed by atoms with Crippen LogP contribution in [0.1, 0.15) is 12.5 Å². The third-order valence-corrected chi connectivity index (χ3v) is 2.44. The molecule has 0 atom stereocenters. The predicted molar refractivity (Wildman–Crippen MR) is 58.0 cm³/mol. The first-order valence-corrected chi connectivity index (χ1v) is 5.08. The highest BCUT2D eigenvalue weighted by molar-refractivity contribution is 6.30. The molecule has 1 aromatic rings. The second kappa shape index (κ2) is 5.69. The van der Waals surface area contributed by atoms with Gasteiger partial charge in [0.1, 0.15) is 5.82 Å². The average molecular weight is 227 g/mol. The lowest BCUT2D eigenvalue weighted by Gasteiger charge is -2.16. The van der Waals surface area contributed by atoms with Crippen molar-refractivity contribution in [2.75, 3.05) is 13.1 Å². The van der Waals surface area contributed by atoms with Gasteiger partial charge in [-0.25, -0.2) is 4.39 Å². The fraction of sp³-hybridized carbons (Fsp3) is 0.364. The number of rotatable bonds is 4. The maximum atomic E-state index is 13.1. The fourth-order valence-electron chi connectivity index (χ4n) is 1.28. The summed E-state index contributed by atoms with van der Waals surface area (Å²) in [6.07, 6.45) is 0. The van der Waals surface area contributed by atoms with Crippen LogP contribution in [-0.4, -0.2) is 18.0 Å². The Balaban J connectivity index is 2.71. The Hall–Kier alpha value is -1.11. The number of benzene rings is 1. The maximum Gasteiger partial charge on any atom is 0.142 e. The number of hydrogen-bond acceptors (Lipinski definition) is 2. The van der Waals surface area contributed by atoms with Gasteiger partial charge in [-0.1, -0.05) is 24.6 Å². The molecular formula is C11H12ClFN2. The van der Waals surface area contributed by atoms with Crippen LogP contribution in [0.2, 0.25) is 5.02 Å². The van der Waals surface area contributed by atoms with Crippen LogP contribution in [0.15, 0.2) is 18.2 Å². The Morgan fingerprint density at radius 1 is 1.53 bits per heavy atom. The summed E-state index contributed by atoms with van der Waals surface area (Å²) < 4.78 is 13.1. The number of hydrogen-bond donors (Lipinski definition) is 0. The van der Waals surface area contributed by atoms with Gasteiger partial charge < -0.3 is 0 Å². The third kappa shape index (κ3) is 3.50. The summed E-state index contributed by atoms with van der Waals surface area (Å²) in [5, 5.41) is 8.68. The van der Waals surface area contributed by atoms with Crippen LogP contribution in [0.4, 0.5) is 4.39 Å². The molecule has 0 aliphatic heterocycles. The molecule has 0 N–H and O–H groups in total. The van der Waals surface area contributed by atoms with Crippen molar-refractivity contribution in [2.45, 2.75) is 13.5 Å². The smallest absolute Gasteiger partial charge is 0.142 e. The Kier molecular flexibility index (Phi) is 4.54. The summed E-state index contributed by atoms with van der Waals surface area (Å²) in [7, 11) is 0. The lowest BCUT2D eigenvalue weighted by Crippen LogP contribution is -2.23. The molecule has 0 aliphatic rings. The lowest BCUT2D eigenvalue weighted by molar-refractivity contribution is 0.314. The van der Waals surface area contributed by atoms with E-state index in [1.54, 1.807) is 6.07 Å². The molecule has 0 saturated carbocycles. The topological polar surface area (TPSA) is 27.0 Å². The van der Waals surface area contributed by atoms with Gasteiger partial charge in [0.2, 0.25) is 0 Å². The van der Waals surface area contributed by atoms with Crippen LogP contribution in [0.25, 0.3) is 0 Å². The van der Waals surface area contributed by atoms with Crippen LogP contribution in [0.3, 0.4) is 0 Å². The van der Waals surface area contributed by atoms with E-state index < -0.39 is 5.82 Å². The highest BCUT2D eigenvalue weighted by Gasteiger charge is 2.05. The highest BCUT2D eigenvalue weighted by atomic mass is 35.5. The summed E-state index contributed by atoms with van der Waals surface area (Å²) >= 11 is 5.57. The third-order valence-electron chi connectivity index (χ3n) is 2.13. The zero-order valence-electron chi connectivity index (χ0n) is 8.50. The minimum atomic E-state index is -0.415. The Labute approximate surface area is 93.9 Å². The van der Waals surface area contributed by atoms with Crippen molar-refractivity contribution < 1.29 is 4.39 Å². The van der Waals surface area contributed by atoms with E-state index in [0.717, 1.165) is 12.1 Å². The van der Waals surface area contributed by atoms with Crippen LogP contribution in [-0.2, 0) is 6.54 Å². The van der Waals surface area contributed by atoms with Crippen molar-refractivity contribution in [3.63, 3.8) is 0 Å². The Morgan fingerprint density at radius 3 is 2.80 bits per heavy atom. The molecule has 0 saturated heterocycles. The van der Waals surface area contributed by atoms with Crippen molar-refractivity contribution >= 4 is 11.6 Å². The van der Waals surface area contributed by atoms with E-state index >= 15 is 0 Å². The molecule has 1 aromatic carbocycles. The van der Waals surface area contributed by atoms with Gasteiger partial charge in [-0.3, -0.25) is 4.90 Å². The molecule has 0 fully saturated rings. The minimum absolute atomic E-state index is 0.127. The summed E-state index contributed by atoms with van der Waals surface area (Å²) in [4.78, 5) is 1.92. The molecule has 0 radical (unpaired) electrons. The second-order valence-electron chi connectivity index (χ2n) is 3.21. The molecule has 0 unspecified atom stereocenters. The highest BCUT2D eigenvalue weighted by Crippen LogP contribution is 2.16. The molecule has 0 heterocycles. The molecule has 4 heteroatoms. The van der Waals surface area contributed by atoms with Gasteiger partial charge >= 0.3 is 0 Å². The molecule has 0 aromatic heterocycles. The maximum absolute atomic E-state index is 13.1. The summed E-state index contributed by atoms with van der Waals surface area (Å²) in [6, 6.07) is 6.78. The summed E-state index contributed by atoms with van der Waals surface area (Å²) in [6.45, 7) is 3.64. The van der Waals surface area contributed by atoms with E-state index in [4.69, 9.17) is 16.9 Å². The number of nitrogens with zero attached hydrogens (tertiary/aromatic N) is 2. The quantitative estimate of drug-likeness (QED) is 0.739. The lowest BCUT2D eigenvalue weighted by atomic mass is 10.2. The van der Waals surface area contributed by atoms with Crippen LogP contribution >= 0.6 is 11.6 Å². The van der Waals surface area contributed by atoms with Gasteiger partial charge in [-0.15, -0.1) is 0 Å². The van der Waals surface area contributed by atoms with Gasteiger partial charge in [0.25, 0.3) is 0 Å². The zero-order chi connectivity index (χ0) is 11.3. The molecule has 80 valence electrons. The van der Waals surface area contributed by atoms with Gasteiger partial charge in [0.05, 0.1) is 17.6 Å². The van der Waals surface area contributed by atoms with Gasteiger partial charge in [-0.05, 0) is 24.2 Å². The molecule has 0 amide bonds. The van der Waals surface area contributed by atoms with Gasteiger partial charge in [0, 0.05) is 6.54 Å². The normalized spacial score (nSPS) is 10.3. The van der Waals surface area contributed by atoms with Crippen LogP contribution in [0.5, 0.6) is 0 Å². The van der Waals surface area contributed by atoms with Crippen molar-refractivity contribution in [1.82, 2.24) is 4.90 Å². The van der Waals surface area contributed by atoms with E-state index in [0.29, 0.717) is 13.1 Å². The van der Waals surface area contributed by atoms with E-state index in [1.165, 1.54) is 12.1 Å². The van der Waals surface area contributed by atoms with E-state index in [-0.39, 0.29) is 5.02 Å². The first-order chi connectivity index (χ1) is 7.17. The Morgan fingerprint density at radius 2 is 2.27 bits per heavy atom. The number of nitriles is 1. The zero-order valence-corrected chi connectivity index (χ0v) is 9.26. The largest absolute Gasteiger partial charge is 0.287 e. The van der Waals surface area contributed by atoms with E-state index in [1.807, 2.05) is 11.8 Å². The van der Waals surface area contributed by atoms with Crippen molar-refractivity contribution in [3.8, 4) is 6.07 Å². The van der Waals surface area contributed by atoms with E-state index in [2.05, 4.69) is 6.07 Å². The molecule has 15 heavy (non-hydrogen) atoms. The standard InChI is InChI=1S/C11H12ClFN2/c1-2-15(6-5-14)8-9-3-4-10(12)11(13)7-9/h3-4,7H,2,6,8H2,1H3. The summed E-state index contributed by atoms with van der Waals surface area (Å²) in [5.41, 5.74) is 0.828. The number of halogens is 2. The minimum Gasteiger partial charge on any atom is -0.287 e. The second-order valence-corrected chi connectivity index (χ2v) is 3.62. The molecular weight excluding hydrogens is 215 g/mol. The Bertz CT molecular complexity index is 373. The monoisotopic (exact) mass is 226 g/mol. The molecule has 1 rings (SSSR count).